The Kier molecular flexibility index (Phi) is 3.75. The van der Waals surface area contributed by atoms with Crippen LogP contribution in [-0.4, -0.2) is 23.5 Å². The summed E-state index contributed by atoms with van der Waals surface area (Å²) in [6, 6.07) is -0.311. The third-order valence-corrected chi connectivity index (χ3v) is 8.15. The second-order valence-electron chi connectivity index (χ2n) is 9.32. The molecular formula is C21H29NO3. The average molecular weight is 343 g/mol. The molecule has 6 atom stereocenters. The van der Waals surface area contributed by atoms with Crippen molar-refractivity contribution in [1.29, 1.82) is 0 Å². The molecule has 4 nitrogen and oxygen atoms in total. The van der Waals surface area contributed by atoms with Crippen LogP contribution in [0.2, 0.25) is 0 Å². The smallest absolute Gasteiger partial charge is 0.217 e. The van der Waals surface area contributed by atoms with E-state index >= 15 is 0 Å². The van der Waals surface area contributed by atoms with Gasteiger partial charge in [-0.1, -0.05) is 19.4 Å². The Bertz CT molecular complexity index is 681. The Balaban J connectivity index is 1.66. The summed E-state index contributed by atoms with van der Waals surface area (Å²) in [5, 5.41) is 2.95. The minimum absolute atomic E-state index is 0.103. The molecule has 4 rings (SSSR count). The largest absolute Gasteiger partial charge is 0.346 e. The first-order valence-electron chi connectivity index (χ1n) is 9.79. The lowest BCUT2D eigenvalue weighted by molar-refractivity contribution is -0.127. The molecule has 0 bridgehead atoms. The summed E-state index contributed by atoms with van der Waals surface area (Å²) >= 11 is 0. The van der Waals surface area contributed by atoms with Crippen LogP contribution in [0, 0.1) is 28.6 Å². The van der Waals surface area contributed by atoms with Crippen molar-refractivity contribution in [2.24, 2.45) is 28.6 Å². The zero-order valence-corrected chi connectivity index (χ0v) is 15.6. The van der Waals surface area contributed by atoms with Gasteiger partial charge < -0.3 is 5.32 Å². The van der Waals surface area contributed by atoms with Gasteiger partial charge in [0, 0.05) is 19.8 Å². The first kappa shape index (κ1) is 17.0. The van der Waals surface area contributed by atoms with E-state index in [0.29, 0.717) is 30.6 Å². The van der Waals surface area contributed by atoms with Crippen LogP contribution in [0.25, 0.3) is 0 Å². The zero-order chi connectivity index (χ0) is 18.0. The number of carbonyl (C=O) groups excluding carboxylic acids is 3. The van der Waals surface area contributed by atoms with Crippen molar-refractivity contribution >= 4 is 17.5 Å². The van der Waals surface area contributed by atoms with Crippen LogP contribution in [0.1, 0.15) is 65.7 Å². The predicted molar refractivity (Wildman–Crippen MR) is 94.7 cm³/mol. The van der Waals surface area contributed by atoms with Crippen molar-refractivity contribution in [3.63, 3.8) is 0 Å². The van der Waals surface area contributed by atoms with E-state index in [1.54, 1.807) is 0 Å². The van der Waals surface area contributed by atoms with Gasteiger partial charge in [-0.3, -0.25) is 14.4 Å². The number of Topliss-reactive ketones (excluding diaryl/α,β-unsaturated/α-hetero) is 1. The molecule has 0 aromatic carbocycles. The monoisotopic (exact) mass is 343 g/mol. The molecule has 0 heterocycles. The summed E-state index contributed by atoms with van der Waals surface area (Å²) in [6.07, 6.45) is 8.33. The van der Waals surface area contributed by atoms with Crippen molar-refractivity contribution < 1.29 is 14.4 Å². The number of fused-ring (bicyclic) bond motifs is 5. The number of carbonyl (C=O) groups is 3. The molecule has 25 heavy (non-hydrogen) atoms. The number of amides is 1. The molecule has 4 aliphatic rings. The van der Waals surface area contributed by atoms with Crippen molar-refractivity contribution in [2.75, 3.05) is 0 Å². The van der Waals surface area contributed by atoms with Crippen LogP contribution in [0.3, 0.4) is 0 Å². The Morgan fingerprint density at radius 3 is 2.60 bits per heavy atom. The summed E-state index contributed by atoms with van der Waals surface area (Å²) in [7, 11) is 0. The zero-order valence-electron chi connectivity index (χ0n) is 15.6. The maximum absolute atomic E-state index is 12.7. The van der Waals surface area contributed by atoms with Crippen LogP contribution in [0.4, 0.5) is 0 Å². The van der Waals surface area contributed by atoms with E-state index in [2.05, 4.69) is 19.2 Å². The van der Waals surface area contributed by atoms with Gasteiger partial charge in [-0.25, -0.2) is 0 Å². The maximum Gasteiger partial charge on any atom is 0.217 e. The molecule has 3 fully saturated rings. The second kappa shape index (κ2) is 5.52. The minimum atomic E-state index is -0.311. The molecule has 1 N–H and O–H groups in total. The normalized spacial score (nSPS) is 46.0. The van der Waals surface area contributed by atoms with Gasteiger partial charge >= 0.3 is 0 Å². The molecule has 0 spiro atoms. The third-order valence-electron chi connectivity index (χ3n) is 8.15. The highest BCUT2D eigenvalue weighted by molar-refractivity contribution is 5.92. The topological polar surface area (TPSA) is 63.2 Å². The van der Waals surface area contributed by atoms with Gasteiger partial charge in [0.25, 0.3) is 0 Å². The molecule has 0 saturated heterocycles. The summed E-state index contributed by atoms with van der Waals surface area (Å²) in [4.78, 5) is 36.2. The van der Waals surface area contributed by atoms with E-state index in [1.807, 2.05) is 6.08 Å². The molecule has 4 heteroatoms. The average Bonchev–Trinajstić information content (AvgIpc) is 2.79. The van der Waals surface area contributed by atoms with Crippen LogP contribution >= 0.6 is 0 Å². The Morgan fingerprint density at radius 1 is 1.12 bits per heavy atom. The molecular weight excluding hydrogens is 314 g/mol. The van der Waals surface area contributed by atoms with E-state index in [1.165, 1.54) is 12.5 Å². The van der Waals surface area contributed by atoms with Crippen LogP contribution in [-0.2, 0) is 14.4 Å². The summed E-state index contributed by atoms with van der Waals surface area (Å²) in [5.74, 6) is 1.88. The lowest BCUT2D eigenvalue weighted by atomic mass is 9.47. The fourth-order valence-electron chi connectivity index (χ4n) is 6.80. The first-order chi connectivity index (χ1) is 11.8. The SMILES string of the molecule is CC(=O)N[C@H]1C(=O)CC2C3CCC4=CC(=O)CC[C@]4(C)C3CC[C@@]21C. The highest BCUT2D eigenvalue weighted by atomic mass is 16.2. The van der Waals surface area contributed by atoms with E-state index in [4.69, 9.17) is 0 Å². The van der Waals surface area contributed by atoms with Crippen LogP contribution < -0.4 is 5.32 Å². The lowest BCUT2D eigenvalue weighted by Crippen LogP contribution is -2.54. The second-order valence-corrected chi connectivity index (χ2v) is 9.32. The molecule has 0 radical (unpaired) electrons. The van der Waals surface area contributed by atoms with Gasteiger partial charge in [0.1, 0.15) is 0 Å². The molecule has 0 aliphatic heterocycles. The number of allylic oxidation sites excluding steroid dienone is 1. The molecule has 0 aromatic heterocycles. The van der Waals surface area contributed by atoms with Gasteiger partial charge in [0.2, 0.25) is 5.91 Å². The van der Waals surface area contributed by atoms with Gasteiger partial charge in [-0.05, 0) is 66.8 Å². The molecule has 3 saturated carbocycles. The first-order valence-corrected chi connectivity index (χ1v) is 9.79. The fourth-order valence-corrected chi connectivity index (χ4v) is 6.80. The predicted octanol–water partition coefficient (Wildman–Crippen LogP) is 3.20. The van der Waals surface area contributed by atoms with E-state index in [9.17, 15) is 14.4 Å². The fraction of sp³-hybridized carbons (Fsp3) is 0.762. The number of rotatable bonds is 1. The third kappa shape index (κ3) is 2.36. The van der Waals surface area contributed by atoms with E-state index in [0.717, 1.165) is 32.1 Å². The number of hydrogen-bond donors (Lipinski definition) is 1. The highest BCUT2D eigenvalue weighted by Crippen LogP contribution is 2.64. The molecule has 136 valence electrons. The van der Waals surface area contributed by atoms with Crippen LogP contribution in [0.15, 0.2) is 11.6 Å². The van der Waals surface area contributed by atoms with Gasteiger partial charge in [-0.2, -0.15) is 0 Å². The Morgan fingerprint density at radius 2 is 1.88 bits per heavy atom. The summed E-state index contributed by atoms with van der Waals surface area (Å²) in [5.41, 5.74) is 1.38. The Labute approximate surface area is 149 Å². The van der Waals surface area contributed by atoms with E-state index in [-0.39, 0.29) is 34.3 Å². The van der Waals surface area contributed by atoms with Gasteiger partial charge in [0.15, 0.2) is 11.6 Å². The van der Waals surface area contributed by atoms with Gasteiger partial charge in [0.05, 0.1) is 6.04 Å². The quantitative estimate of drug-likeness (QED) is 0.795. The van der Waals surface area contributed by atoms with Crippen molar-refractivity contribution in [3.05, 3.63) is 11.6 Å². The van der Waals surface area contributed by atoms with Crippen LogP contribution in [0.5, 0.6) is 0 Å². The molecule has 1 amide bonds. The van der Waals surface area contributed by atoms with Crippen molar-refractivity contribution in [2.45, 2.75) is 71.8 Å². The van der Waals surface area contributed by atoms with E-state index < -0.39 is 0 Å². The number of nitrogens with one attached hydrogen (secondary N) is 1. The molecule has 0 aromatic rings. The maximum atomic E-state index is 12.7. The summed E-state index contributed by atoms with van der Waals surface area (Å²) in [6.45, 7) is 6.08. The minimum Gasteiger partial charge on any atom is -0.346 e. The summed E-state index contributed by atoms with van der Waals surface area (Å²) < 4.78 is 0. The highest BCUT2D eigenvalue weighted by Gasteiger charge is 2.61. The Hall–Kier alpha value is -1.45. The molecule has 3 unspecified atom stereocenters. The standard InChI is InChI=1S/C21H29NO3/c1-12(23)22-19-18(25)11-17-15-5-4-13-10-14(24)6-8-20(13,2)16(15)7-9-21(17,19)3/h10,15-17,19H,4-9,11H2,1-3H3,(H,22,23)/t15?,16?,17?,19-,20-,21-/m0/s1. The lowest BCUT2D eigenvalue weighted by Gasteiger charge is -2.57. The van der Waals surface area contributed by atoms with Gasteiger partial charge in [-0.15, -0.1) is 0 Å². The van der Waals surface area contributed by atoms with Crippen molar-refractivity contribution in [1.82, 2.24) is 5.32 Å². The molecule has 4 aliphatic carbocycles. The number of ketones is 2. The number of hydrogen-bond acceptors (Lipinski definition) is 3. The van der Waals surface area contributed by atoms with Crippen molar-refractivity contribution in [3.8, 4) is 0 Å².